The Bertz CT molecular complexity index is 404. The largest absolute Gasteiger partial charge is 0.362 e. The van der Waals surface area contributed by atoms with Crippen molar-refractivity contribution in [2.45, 2.75) is 79.1 Å². The Hall–Kier alpha value is -1.05. The highest BCUT2D eigenvalue weighted by Crippen LogP contribution is 2.19. The molecule has 0 atom stereocenters. The fourth-order valence-corrected chi connectivity index (χ4v) is 2.55. The van der Waals surface area contributed by atoms with E-state index in [0.717, 1.165) is 36.9 Å². The van der Waals surface area contributed by atoms with Gasteiger partial charge in [-0.1, -0.05) is 47.0 Å². The van der Waals surface area contributed by atoms with Gasteiger partial charge in [-0.15, -0.1) is 0 Å². The van der Waals surface area contributed by atoms with E-state index in [1.54, 1.807) is 0 Å². The van der Waals surface area contributed by atoms with Gasteiger partial charge in [-0.3, -0.25) is 4.79 Å². The van der Waals surface area contributed by atoms with Gasteiger partial charge in [0.05, 0.1) is 0 Å². The van der Waals surface area contributed by atoms with E-state index < -0.39 is 0 Å². The number of hydrogen-bond donors (Lipinski definition) is 1. The van der Waals surface area contributed by atoms with Crippen molar-refractivity contribution in [2.24, 2.45) is 5.92 Å². The Kier molecular flexibility index (Phi) is 7.64. The molecule has 20 heavy (non-hydrogen) atoms. The van der Waals surface area contributed by atoms with Crippen LogP contribution < -0.4 is 0 Å². The van der Waals surface area contributed by atoms with Crippen molar-refractivity contribution < 1.29 is 4.79 Å². The fraction of sp³-hybridized carbons (Fsp3) is 0.722. The lowest BCUT2D eigenvalue weighted by Gasteiger charge is -2.06. The number of aromatic nitrogens is 1. The number of nitrogens with one attached hydrogen (secondary N) is 1. The van der Waals surface area contributed by atoms with Gasteiger partial charge in [-0.2, -0.15) is 0 Å². The van der Waals surface area contributed by atoms with E-state index in [-0.39, 0.29) is 0 Å². The molecule has 0 aliphatic heterocycles. The van der Waals surface area contributed by atoms with Gasteiger partial charge in [-0.05, 0) is 37.7 Å². The summed E-state index contributed by atoms with van der Waals surface area (Å²) >= 11 is 0. The number of hydrogen-bond acceptors (Lipinski definition) is 1. The topological polar surface area (TPSA) is 32.9 Å². The average Bonchev–Trinajstić information content (AvgIpc) is 2.78. The fourth-order valence-electron chi connectivity index (χ4n) is 2.55. The van der Waals surface area contributed by atoms with E-state index in [1.807, 2.05) is 0 Å². The van der Waals surface area contributed by atoms with Crippen LogP contribution in [0.25, 0.3) is 0 Å². The minimum atomic E-state index is 0.327. The number of aryl methyl sites for hydroxylation is 1. The van der Waals surface area contributed by atoms with Crippen LogP contribution in [0.3, 0.4) is 0 Å². The molecule has 0 amide bonds. The van der Waals surface area contributed by atoms with Crippen molar-refractivity contribution in [1.29, 1.82) is 0 Å². The van der Waals surface area contributed by atoms with Gasteiger partial charge in [0.25, 0.3) is 0 Å². The van der Waals surface area contributed by atoms with Gasteiger partial charge in [0.15, 0.2) is 5.78 Å². The number of H-pyrrole nitrogens is 1. The lowest BCUT2D eigenvalue weighted by molar-refractivity contribution is 0.0978. The minimum Gasteiger partial charge on any atom is -0.362 e. The highest BCUT2D eigenvalue weighted by atomic mass is 16.1. The highest BCUT2D eigenvalue weighted by molar-refractivity contribution is 5.97. The first-order valence-electron chi connectivity index (χ1n) is 8.32. The molecule has 0 spiro atoms. The Balaban J connectivity index is 2.78. The van der Waals surface area contributed by atoms with E-state index in [1.165, 1.54) is 25.0 Å². The van der Waals surface area contributed by atoms with E-state index in [0.29, 0.717) is 18.1 Å². The van der Waals surface area contributed by atoms with Gasteiger partial charge in [0, 0.05) is 23.4 Å². The molecule has 0 fully saturated rings. The lowest BCUT2D eigenvalue weighted by Crippen LogP contribution is -2.04. The zero-order valence-electron chi connectivity index (χ0n) is 13.7. The summed E-state index contributed by atoms with van der Waals surface area (Å²) in [5.41, 5.74) is 3.36. The highest BCUT2D eigenvalue weighted by Gasteiger charge is 2.15. The quantitative estimate of drug-likeness (QED) is 0.455. The minimum absolute atomic E-state index is 0.327. The van der Waals surface area contributed by atoms with Crippen molar-refractivity contribution in [3.8, 4) is 0 Å². The van der Waals surface area contributed by atoms with Gasteiger partial charge < -0.3 is 4.98 Å². The zero-order chi connectivity index (χ0) is 15.0. The molecule has 0 aromatic carbocycles. The molecule has 1 rings (SSSR count). The van der Waals surface area contributed by atoms with Crippen LogP contribution in [0.4, 0.5) is 0 Å². The Morgan fingerprint density at radius 3 is 2.45 bits per heavy atom. The number of rotatable bonds is 10. The monoisotopic (exact) mass is 277 g/mol. The van der Waals surface area contributed by atoms with Crippen LogP contribution in [0.5, 0.6) is 0 Å². The Labute approximate surface area is 124 Å². The van der Waals surface area contributed by atoms with Gasteiger partial charge in [0.1, 0.15) is 0 Å². The second kappa shape index (κ2) is 8.99. The first-order valence-corrected chi connectivity index (χ1v) is 8.32. The van der Waals surface area contributed by atoms with Crippen molar-refractivity contribution in [3.63, 3.8) is 0 Å². The second-order valence-electron chi connectivity index (χ2n) is 6.27. The third kappa shape index (κ3) is 5.52. The molecule has 1 aromatic heterocycles. The van der Waals surface area contributed by atoms with Crippen LogP contribution in [0.15, 0.2) is 6.07 Å². The molecule has 2 heteroatoms. The van der Waals surface area contributed by atoms with Gasteiger partial charge >= 0.3 is 0 Å². The Morgan fingerprint density at radius 1 is 1.15 bits per heavy atom. The Morgan fingerprint density at radius 2 is 1.85 bits per heavy atom. The molecular formula is C18H31NO. The normalized spacial score (nSPS) is 11.2. The SMILES string of the molecule is CCCCCC(=O)c1cc(CCCC)[nH]c1CC(C)C. The molecule has 0 aliphatic carbocycles. The first-order chi connectivity index (χ1) is 9.58. The number of Topliss-reactive ketones (excluding diaryl/α,β-unsaturated/α-hetero) is 1. The summed E-state index contributed by atoms with van der Waals surface area (Å²) < 4.78 is 0. The molecule has 2 nitrogen and oxygen atoms in total. The van der Waals surface area contributed by atoms with E-state index in [2.05, 4.69) is 38.7 Å². The average molecular weight is 277 g/mol. The second-order valence-corrected chi connectivity index (χ2v) is 6.27. The molecule has 1 aromatic rings. The van der Waals surface area contributed by atoms with Crippen molar-refractivity contribution in [2.75, 3.05) is 0 Å². The van der Waals surface area contributed by atoms with Crippen LogP contribution in [0.1, 0.15) is 88.0 Å². The first kappa shape index (κ1) is 17.0. The van der Waals surface area contributed by atoms with Crippen molar-refractivity contribution in [1.82, 2.24) is 4.98 Å². The van der Waals surface area contributed by atoms with Crippen LogP contribution in [-0.2, 0) is 12.8 Å². The third-order valence-electron chi connectivity index (χ3n) is 3.67. The molecule has 0 aliphatic rings. The summed E-state index contributed by atoms with van der Waals surface area (Å²) in [7, 11) is 0. The summed E-state index contributed by atoms with van der Waals surface area (Å²) in [5.74, 6) is 0.906. The molecule has 0 bridgehead atoms. The molecule has 0 unspecified atom stereocenters. The molecule has 0 saturated heterocycles. The lowest BCUT2D eigenvalue weighted by atomic mass is 10.00. The maximum atomic E-state index is 12.4. The molecular weight excluding hydrogens is 246 g/mol. The van der Waals surface area contributed by atoms with Crippen molar-refractivity contribution in [3.05, 3.63) is 23.0 Å². The van der Waals surface area contributed by atoms with Gasteiger partial charge in [0.2, 0.25) is 0 Å². The summed E-state index contributed by atoms with van der Waals surface area (Å²) in [6.45, 7) is 8.79. The number of carbonyl (C=O) groups is 1. The number of carbonyl (C=O) groups excluding carboxylic acids is 1. The molecule has 1 N–H and O–H groups in total. The van der Waals surface area contributed by atoms with Crippen LogP contribution in [-0.4, -0.2) is 10.8 Å². The number of aromatic amines is 1. The summed E-state index contributed by atoms with van der Waals surface area (Å²) in [6.07, 6.45) is 8.45. The molecule has 0 saturated carbocycles. The maximum Gasteiger partial charge on any atom is 0.164 e. The smallest absolute Gasteiger partial charge is 0.164 e. The van der Waals surface area contributed by atoms with Crippen LogP contribution in [0, 0.1) is 5.92 Å². The zero-order valence-corrected chi connectivity index (χ0v) is 13.7. The molecule has 0 radical (unpaired) electrons. The van der Waals surface area contributed by atoms with Crippen LogP contribution >= 0.6 is 0 Å². The maximum absolute atomic E-state index is 12.4. The number of ketones is 1. The standard InChI is InChI=1S/C18H31NO/c1-5-7-9-11-18(20)16-13-15(10-8-6-2)19-17(16)12-14(3)4/h13-14,19H,5-12H2,1-4H3. The van der Waals surface area contributed by atoms with Gasteiger partial charge in [-0.25, -0.2) is 0 Å². The van der Waals surface area contributed by atoms with E-state index in [4.69, 9.17) is 0 Å². The summed E-state index contributed by atoms with van der Waals surface area (Å²) in [4.78, 5) is 15.9. The molecule has 1 heterocycles. The summed E-state index contributed by atoms with van der Waals surface area (Å²) in [5, 5.41) is 0. The van der Waals surface area contributed by atoms with E-state index >= 15 is 0 Å². The predicted molar refractivity (Wildman–Crippen MR) is 86.4 cm³/mol. The van der Waals surface area contributed by atoms with Crippen LogP contribution in [0.2, 0.25) is 0 Å². The summed E-state index contributed by atoms with van der Waals surface area (Å²) in [6, 6.07) is 2.11. The van der Waals surface area contributed by atoms with Crippen molar-refractivity contribution >= 4 is 5.78 Å². The third-order valence-corrected chi connectivity index (χ3v) is 3.67. The predicted octanol–water partition coefficient (Wildman–Crippen LogP) is 5.32. The number of unbranched alkanes of at least 4 members (excludes halogenated alkanes) is 3. The van der Waals surface area contributed by atoms with E-state index in [9.17, 15) is 4.79 Å². The molecule has 114 valence electrons.